The number of nitrogens with zero attached hydrogens (tertiary/aromatic N) is 4. The monoisotopic (exact) mass is 406 g/mol. The van der Waals surface area contributed by atoms with Gasteiger partial charge in [-0.2, -0.15) is 13.2 Å². The van der Waals surface area contributed by atoms with E-state index in [9.17, 15) is 22.8 Å². The van der Waals surface area contributed by atoms with Crippen LogP contribution in [0, 0.1) is 0 Å². The van der Waals surface area contributed by atoms with Crippen LogP contribution in [-0.4, -0.2) is 66.9 Å². The van der Waals surface area contributed by atoms with E-state index in [1.807, 2.05) is 0 Å². The van der Waals surface area contributed by atoms with Crippen LogP contribution in [0.2, 0.25) is 0 Å². The van der Waals surface area contributed by atoms with Gasteiger partial charge in [0.1, 0.15) is 5.82 Å². The van der Waals surface area contributed by atoms with Crippen molar-refractivity contribution in [3.05, 3.63) is 59.3 Å². The summed E-state index contributed by atoms with van der Waals surface area (Å²) in [5, 5.41) is 0. The Morgan fingerprint density at radius 1 is 0.931 bits per heavy atom. The van der Waals surface area contributed by atoms with E-state index >= 15 is 0 Å². The van der Waals surface area contributed by atoms with Crippen LogP contribution in [0.3, 0.4) is 0 Å². The van der Waals surface area contributed by atoms with Gasteiger partial charge in [-0.1, -0.05) is 0 Å². The molecule has 2 heterocycles. The second-order valence-electron chi connectivity index (χ2n) is 6.93. The van der Waals surface area contributed by atoms with Crippen LogP contribution in [0.25, 0.3) is 0 Å². The van der Waals surface area contributed by atoms with Crippen molar-refractivity contribution in [2.24, 2.45) is 0 Å². The number of rotatable bonds is 3. The first-order valence-corrected chi connectivity index (χ1v) is 9.06. The molecule has 1 fully saturated rings. The van der Waals surface area contributed by atoms with Gasteiger partial charge in [-0.25, -0.2) is 4.98 Å². The van der Waals surface area contributed by atoms with Crippen molar-refractivity contribution in [3.63, 3.8) is 0 Å². The molecule has 0 N–H and O–H groups in total. The van der Waals surface area contributed by atoms with Gasteiger partial charge >= 0.3 is 6.18 Å². The maximum absolute atomic E-state index is 12.9. The average Bonchev–Trinajstić information content (AvgIpc) is 2.72. The van der Waals surface area contributed by atoms with Crippen molar-refractivity contribution in [2.45, 2.75) is 6.18 Å². The van der Waals surface area contributed by atoms with Crippen molar-refractivity contribution >= 4 is 17.6 Å². The molecule has 2 aromatic rings. The number of aromatic nitrogens is 1. The van der Waals surface area contributed by atoms with Gasteiger partial charge in [-0.3, -0.25) is 9.59 Å². The zero-order valence-corrected chi connectivity index (χ0v) is 16.1. The minimum absolute atomic E-state index is 0.163. The molecule has 0 saturated carbocycles. The van der Waals surface area contributed by atoms with Crippen molar-refractivity contribution in [2.75, 3.05) is 45.2 Å². The van der Waals surface area contributed by atoms with E-state index in [1.165, 1.54) is 12.1 Å². The van der Waals surface area contributed by atoms with E-state index in [4.69, 9.17) is 0 Å². The molecule has 1 aliphatic heterocycles. The topological polar surface area (TPSA) is 56.8 Å². The lowest BCUT2D eigenvalue weighted by atomic mass is 10.1. The molecule has 29 heavy (non-hydrogen) atoms. The number of hydrogen-bond donors (Lipinski definition) is 0. The Morgan fingerprint density at radius 2 is 1.48 bits per heavy atom. The third-order valence-electron chi connectivity index (χ3n) is 4.75. The lowest BCUT2D eigenvalue weighted by Crippen LogP contribution is -2.50. The fourth-order valence-electron chi connectivity index (χ4n) is 3.19. The summed E-state index contributed by atoms with van der Waals surface area (Å²) < 4.78 is 38.0. The Bertz CT molecular complexity index is 889. The van der Waals surface area contributed by atoms with Crippen LogP contribution >= 0.6 is 0 Å². The van der Waals surface area contributed by atoms with Gasteiger partial charge in [-0.05, 0) is 36.4 Å². The third kappa shape index (κ3) is 4.49. The summed E-state index contributed by atoms with van der Waals surface area (Å²) in [6.07, 6.45) is -2.82. The highest BCUT2D eigenvalue weighted by molar-refractivity contribution is 5.99. The molecule has 154 valence electrons. The van der Waals surface area contributed by atoms with Crippen LogP contribution in [-0.2, 0) is 6.18 Å². The highest BCUT2D eigenvalue weighted by atomic mass is 19.4. The highest BCUT2D eigenvalue weighted by Gasteiger charge is 2.31. The first-order chi connectivity index (χ1) is 13.7. The maximum atomic E-state index is 12.9. The largest absolute Gasteiger partial charge is 0.416 e. The fourth-order valence-corrected chi connectivity index (χ4v) is 3.19. The van der Waals surface area contributed by atoms with Crippen molar-refractivity contribution in [1.29, 1.82) is 0 Å². The molecule has 0 bridgehead atoms. The minimum atomic E-state index is -4.44. The lowest BCUT2D eigenvalue weighted by molar-refractivity contribution is -0.137. The van der Waals surface area contributed by atoms with Crippen LogP contribution in [0.1, 0.15) is 26.3 Å². The molecule has 1 aromatic carbocycles. The van der Waals surface area contributed by atoms with E-state index in [0.717, 1.165) is 12.1 Å². The molecule has 2 amide bonds. The summed E-state index contributed by atoms with van der Waals surface area (Å²) in [5.74, 6) is 0.0605. The van der Waals surface area contributed by atoms with Gasteiger partial charge in [0, 0.05) is 52.0 Å². The zero-order chi connectivity index (χ0) is 21.2. The second kappa shape index (κ2) is 8.10. The van der Waals surface area contributed by atoms with Gasteiger partial charge in [0.05, 0.1) is 11.1 Å². The predicted octanol–water partition coefficient (Wildman–Crippen LogP) is 2.76. The molecular formula is C20H21F3N4O2. The number of amides is 2. The van der Waals surface area contributed by atoms with E-state index in [1.54, 1.807) is 47.1 Å². The minimum Gasteiger partial charge on any atom is -0.362 e. The Balaban J connectivity index is 1.65. The van der Waals surface area contributed by atoms with E-state index in [0.29, 0.717) is 37.6 Å². The SMILES string of the molecule is CN(C)c1ncccc1C(=O)N1CCN(C(=O)c2ccc(C(F)(F)F)cc2)CC1. The first kappa shape index (κ1) is 20.6. The third-order valence-corrected chi connectivity index (χ3v) is 4.75. The van der Waals surface area contributed by atoms with Gasteiger partial charge in [0.2, 0.25) is 0 Å². The van der Waals surface area contributed by atoms with Gasteiger partial charge in [0.15, 0.2) is 0 Å². The lowest BCUT2D eigenvalue weighted by Gasteiger charge is -2.35. The molecule has 6 nitrogen and oxygen atoms in total. The number of carbonyl (C=O) groups excluding carboxylic acids is 2. The Morgan fingerprint density at radius 3 is 2.00 bits per heavy atom. The number of piperazine rings is 1. The van der Waals surface area contributed by atoms with E-state index in [2.05, 4.69) is 4.98 Å². The van der Waals surface area contributed by atoms with Crippen molar-refractivity contribution in [1.82, 2.24) is 14.8 Å². The first-order valence-electron chi connectivity index (χ1n) is 9.06. The Hall–Kier alpha value is -3.10. The van der Waals surface area contributed by atoms with Crippen molar-refractivity contribution in [3.8, 4) is 0 Å². The molecule has 9 heteroatoms. The van der Waals surface area contributed by atoms with Crippen LogP contribution in [0.5, 0.6) is 0 Å². The molecule has 3 rings (SSSR count). The zero-order valence-electron chi connectivity index (χ0n) is 16.1. The summed E-state index contributed by atoms with van der Waals surface area (Å²) in [5.41, 5.74) is -0.113. The number of pyridine rings is 1. The van der Waals surface area contributed by atoms with Crippen LogP contribution in [0.4, 0.5) is 19.0 Å². The van der Waals surface area contributed by atoms with Gasteiger partial charge < -0.3 is 14.7 Å². The van der Waals surface area contributed by atoms with Crippen molar-refractivity contribution < 1.29 is 22.8 Å². The summed E-state index contributed by atoms with van der Waals surface area (Å²) in [6.45, 7) is 1.30. The molecule has 0 aliphatic carbocycles. The quantitative estimate of drug-likeness (QED) is 0.787. The van der Waals surface area contributed by atoms with E-state index < -0.39 is 11.7 Å². The number of alkyl halides is 3. The molecule has 0 radical (unpaired) electrons. The summed E-state index contributed by atoms with van der Waals surface area (Å²) >= 11 is 0. The molecule has 1 saturated heterocycles. The molecular weight excluding hydrogens is 385 g/mol. The highest BCUT2D eigenvalue weighted by Crippen LogP contribution is 2.29. The fraction of sp³-hybridized carbons (Fsp3) is 0.350. The molecule has 0 atom stereocenters. The molecule has 0 spiro atoms. The normalized spacial score (nSPS) is 14.7. The Labute approximate surface area is 166 Å². The maximum Gasteiger partial charge on any atom is 0.416 e. The summed E-state index contributed by atoms with van der Waals surface area (Å²) in [4.78, 5) is 34.6. The molecule has 0 unspecified atom stereocenters. The van der Waals surface area contributed by atoms with Crippen LogP contribution in [0.15, 0.2) is 42.6 Å². The summed E-state index contributed by atoms with van der Waals surface area (Å²) in [6, 6.07) is 7.58. The number of halogens is 3. The molecule has 1 aromatic heterocycles. The van der Waals surface area contributed by atoms with Crippen LogP contribution < -0.4 is 4.90 Å². The Kier molecular flexibility index (Phi) is 5.76. The summed E-state index contributed by atoms with van der Waals surface area (Å²) in [7, 11) is 3.61. The average molecular weight is 406 g/mol. The molecule has 1 aliphatic rings. The number of anilines is 1. The smallest absolute Gasteiger partial charge is 0.362 e. The second-order valence-corrected chi connectivity index (χ2v) is 6.93. The number of hydrogen-bond acceptors (Lipinski definition) is 4. The number of carbonyl (C=O) groups is 2. The standard InChI is InChI=1S/C20H21F3N4O2/c1-25(2)17-16(4-3-9-24-17)19(29)27-12-10-26(11-13-27)18(28)14-5-7-15(8-6-14)20(21,22)23/h3-9H,10-13H2,1-2H3. The van der Waals surface area contributed by atoms with Gasteiger partial charge in [-0.15, -0.1) is 0 Å². The predicted molar refractivity (Wildman–Crippen MR) is 102 cm³/mol. The van der Waals surface area contributed by atoms with Gasteiger partial charge in [0.25, 0.3) is 11.8 Å². The number of benzene rings is 1. The van der Waals surface area contributed by atoms with E-state index in [-0.39, 0.29) is 17.4 Å².